The highest BCUT2D eigenvalue weighted by molar-refractivity contribution is 7.00. The Kier molecular flexibility index (Phi) is 3.59. The van der Waals surface area contributed by atoms with Crippen LogP contribution in [0.4, 0.5) is 0 Å². The Balaban J connectivity index is 2.61. The normalized spacial score (nSPS) is 15.1. The van der Waals surface area contributed by atoms with Crippen LogP contribution in [-0.4, -0.2) is 18.1 Å². The molecular weight excluding hydrogens is 164 g/mol. The van der Waals surface area contributed by atoms with Gasteiger partial charge in [-0.25, -0.2) is 0 Å². The number of benzene rings is 1. The van der Waals surface area contributed by atoms with Crippen molar-refractivity contribution >= 4 is 18.1 Å². The summed E-state index contributed by atoms with van der Waals surface area (Å²) in [5.41, 5.74) is 2.49. The minimum atomic E-state index is 0.287. The molecule has 0 heterocycles. The summed E-state index contributed by atoms with van der Waals surface area (Å²) < 4.78 is 0. The van der Waals surface area contributed by atoms with Gasteiger partial charge in [0.1, 0.15) is 0 Å². The monoisotopic (exact) mass is 180 g/mol. The average molecular weight is 180 g/mol. The molecule has 0 spiro atoms. The fourth-order valence-corrected chi connectivity index (χ4v) is 6.45. The minimum Gasteiger partial charge on any atom is -0.0771 e. The predicted molar refractivity (Wildman–Crippen MR) is 57.8 cm³/mol. The Morgan fingerprint density at radius 3 is 2.36 bits per heavy atom. The molecule has 1 rings (SSSR count). The van der Waals surface area contributed by atoms with Gasteiger partial charge in [-0.05, 0) is 11.1 Å². The average Bonchev–Trinajstić information content (AvgIpc) is 2.07. The van der Waals surface area contributed by atoms with Crippen molar-refractivity contribution in [2.45, 2.75) is 19.0 Å². The van der Waals surface area contributed by atoms with Gasteiger partial charge in [-0.1, -0.05) is 43.8 Å². The second-order valence-electron chi connectivity index (χ2n) is 3.10. The van der Waals surface area contributed by atoms with E-state index in [1.165, 1.54) is 0 Å². The van der Waals surface area contributed by atoms with Crippen molar-refractivity contribution in [3.05, 3.63) is 35.9 Å². The topological polar surface area (TPSA) is 0 Å². The number of hydrogen-bond acceptors (Lipinski definition) is 0. The lowest BCUT2D eigenvalue weighted by Gasteiger charge is -2.08. The van der Waals surface area contributed by atoms with E-state index in [1.54, 1.807) is 5.56 Å². The molecule has 60 valence electrons. The molecule has 1 aromatic carbocycles. The second-order valence-corrected chi connectivity index (χ2v) is 10.6. The van der Waals surface area contributed by atoms with E-state index >= 15 is 0 Å². The van der Waals surface area contributed by atoms with Gasteiger partial charge in [0.05, 0.1) is 0 Å². The Morgan fingerprint density at radius 2 is 1.82 bits per heavy atom. The zero-order valence-corrected chi connectivity index (χ0v) is 10.2. The summed E-state index contributed by atoms with van der Waals surface area (Å²) in [5, 5.41) is 0. The first kappa shape index (κ1) is 8.75. The van der Waals surface area contributed by atoms with Crippen LogP contribution in [-0.2, 0) is 0 Å². The maximum atomic E-state index is 2.44. The van der Waals surface area contributed by atoms with Crippen LogP contribution in [0.25, 0.3) is 0 Å². The lowest BCUT2D eigenvalue weighted by atomic mass is 10.2. The van der Waals surface area contributed by atoms with Gasteiger partial charge in [-0.2, -0.15) is 0 Å². The molecule has 0 amide bonds. The van der Waals surface area contributed by atoms with E-state index in [1.807, 2.05) is 0 Å². The van der Waals surface area contributed by atoms with Crippen molar-refractivity contribution < 1.29 is 0 Å². The van der Waals surface area contributed by atoms with Crippen LogP contribution in [0, 0.1) is 0 Å². The van der Waals surface area contributed by atoms with Crippen molar-refractivity contribution in [2.24, 2.45) is 0 Å². The van der Waals surface area contributed by atoms with Crippen molar-refractivity contribution in [1.82, 2.24) is 0 Å². The lowest BCUT2D eigenvalue weighted by molar-refractivity contribution is 1.08. The Bertz CT molecular complexity index is 196. The maximum Gasteiger partial charge on any atom is 0.0166 e. The highest BCUT2D eigenvalue weighted by Crippen LogP contribution is 2.11. The second kappa shape index (κ2) is 4.52. The molecule has 0 bridgehead atoms. The van der Waals surface area contributed by atoms with E-state index in [2.05, 4.69) is 43.8 Å². The van der Waals surface area contributed by atoms with E-state index in [4.69, 9.17) is 0 Å². The summed E-state index contributed by atoms with van der Waals surface area (Å²) in [6, 6.07) is 10.9. The summed E-state index contributed by atoms with van der Waals surface area (Å²) in [5.74, 6) is 0. The van der Waals surface area contributed by atoms with Crippen molar-refractivity contribution in [3.8, 4) is 0 Å². The smallest absolute Gasteiger partial charge is 0.0166 e. The molecule has 11 heavy (non-hydrogen) atoms. The SMILES string of the molecule is C[SiH2][SiH2]C(C)c1ccccc1. The fourth-order valence-electron chi connectivity index (χ4n) is 1.38. The van der Waals surface area contributed by atoms with Crippen LogP contribution < -0.4 is 0 Å². The molecule has 0 saturated carbocycles. The molecule has 1 unspecified atom stereocenters. The van der Waals surface area contributed by atoms with Gasteiger partial charge in [0.15, 0.2) is 0 Å². The van der Waals surface area contributed by atoms with Gasteiger partial charge in [-0.15, -0.1) is 0 Å². The zero-order valence-electron chi connectivity index (χ0n) is 7.38. The summed E-state index contributed by atoms with van der Waals surface area (Å²) in [6.45, 7) is 4.82. The molecule has 0 saturated heterocycles. The van der Waals surface area contributed by atoms with E-state index in [0.717, 1.165) is 5.54 Å². The highest BCUT2D eigenvalue weighted by Gasteiger charge is 2.02. The number of rotatable bonds is 3. The zero-order chi connectivity index (χ0) is 8.10. The van der Waals surface area contributed by atoms with Crippen molar-refractivity contribution in [2.75, 3.05) is 0 Å². The van der Waals surface area contributed by atoms with Gasteiger partial charge >= 0.3 is 0 Å². The Labute approximate surface area is 73.5 Å². The molecule has 0 fully saturated rings. The summed E-state index contributed by atoms with van der Waals surface area (Å²) >= 11 is 0. The largest absolute Gasteiger partial charge is 0.0771 e. The van der Waals surface area contributed by atoms with Crippen LogP contribution >= 0.6 is 0 Å². The third-order valence-electron chi connectivity index (χ3n) is 2.09. The molecule has 0 radical (unpaired) electrons. The predicted octanol–water partition coefficient (Wildman–Crippen LogP) is 1.05. The van der Waals surface area contributed by atoms with Crippen molar-refractivity contribution in [1.29, 1.82) is 0 Å². The molecule has 0 aliphatic rings. The minimum absolute atomic E-state index is 0.287. The molecule has 0 aliphatic heterocycles. The van der Waals surface area contributed by atoms with Crippen LogP contribution in [0.2, 0.25) is 6.55 Å². The van der Waals surface area contributed by atoms with Gasteiger partial charge in [0.25, 0.3) is 0 Å². The molecule has 1 aromatic rings. The quantitative estimate of drug-likeness (QED) is 0.610. The molecule has 1 atom stereocenters. The van der Waals surface area contributed by atoms with E-state index in [9.17, 15) is 0 Å². The van der Waals surface area contributed by atoms with Crippen LogP contribution in [0.5, 0.6) is 0 Å². The number of hydrogen-bond donors (Lipinski definition) is 0. The van der Waals surface area contributed by atoms with Crippen molar-refractivity contribution in [3.63, 3.8) is 0 Å². The van der Waals surface area contributed by atoms with Crippen LogP contribution in [0.15, 0.2) is 30.3 Å². The van der Waals surface area contributed by atoms with Crippen LogP contribution in [0.1, 0.15) is 18.0 Å². The van der Waals surface area contributed by atoms with E-state index in [0.29, 0.717) is 9.04 Å². The molecule has 0 aromatic heterocycles. The summed E-state index contributed by atoms with van der Waals surface area (Å²) in [4.78, 5) is 0. The standard InChI is InChI=1S/C9H16Si2/c1-8(11-10-2)9-6-4-3-5-7-9/h3-8H,10-11H2,1-2H3. The first-order chi connectivity index (χ1) is 5.34. The van der Waals surface area contributed by atoms with Gasteiger partial charge < -0.3 is 0 Å². The van der Waals surface area contributed by atoms with Gasteiger partial charge in [0, 0.05) is 18.1 Å². The molecule has 0 N–H and O–H groups in total. The van der Waals surface area contributed by atoms with E-state index < -0.39 is 0 Å². The first-order valence-corrected chi connectivity index (χ1v) is 10.6. The molecule has 2 heteroatoms. The lowest BCUT2D eigenvalue weighted by Crippen LogP contribution is -2.08. The highest BCUT2D eigenvalue weighted by atomic mass is 29.1. The van der Waals surface area contributed by atoms with Gasteiger partial charge in [0.2, 0.25) is 0 Å². The summed E-state index contributed by atoms with van der Waals surface area (Å²) in [6.07, 6.45) is 0. The summed E-state index contributed by atoms with van der Waals surface area (Å²) in [7, 11) is 0.648. The first-order valence-electron chi connectivity index (χ1n) is 4.39. The Hall–Kier alpha value is -0.346. The maximum absolute atomic E-state index is 2.44. The molecular formula is C9H16Si2. The third-order valence-corrected chi connectivity index (χ3v) is 8.34. The molecule has 0 nitrogen and oxygen atoms in total. The fraction of sp³-hybridized carbons (Fsp3) is 0.333. The van der Waals surface area contributed by atoms with E-state index in [-0.39, 0.29) is 9.04 Å². The molecule has 0 aliphatic carbocycles. The third kappa shape index (κ3) is 2.63. The van der Waals surface area contributed by atoms with Crippen LogP contribution in [0.3, 0.4) is 0 Å². The van der Waals surface area contributed by atoms with Gasteiger partial charge in [-0.3, -0.25) is 0 Å². The Morgan fingerprint density at radius 1 is 1.18 bits per heavy atom.